The molecular formula is C26H32N6O2S. The third kappa shape index (κ3) is 6.42. The van der Waals surface area contributed by atoms with E-state index in [1.54, 1.807) is 0 Å². The molecule has 0 radical (unpaired) electrons. The number of anilines is 1. The van der Waals surface area contributed by atoms with E-state index in [1.807, 2.05) is 65.8 Å². The predicted molar refractivity (Wildman–Crippen MR) is 139 cm³/mol. The lowest BCUT2D eigenvalue weighted by Crippen LogP contribution is -2.49. The number of nitrogens with zero attached hydrogens (tertiary/aromatic N) is 5. The van der Waals surface area contributed by atoms with Gasteiger partial charge in [-0.25, -0.2) is 0 Å². The normalized spacial score (nSPS) is 13.7. The van der Waals surface area contributed by atoms with Crippen molar-refractivity contribution in [3.05, 3.63) is 71.5 Å². The molecule has 9 heteroatoms. The Morgan fingerprint density at radius 2 is 1.69 bits per heavy atom. The van der Waals surface area contributed by atoms with E-state index in [2.05, 4.69) is 32.5 Å². The van der Waals surface area contributed by atoms with E-state index in [4.69, 9.17) is 0 Å². The number of carbonyl (C=O) groups is 2. The van der Waals surface area contributed by atoms with Crippen LogP contribution in [-0.4, -0.2) is 70.0 Å². The molecule has 0 atom stereocenters. The number of thioether (sulfide) groups is 1. The molecule has 184 valence electrons. The highest BCUT2D eigenvalue weighted by Gasteiger charge is 2.22. The van der Waals surface area contributed by atoms with Crippen LogP contribution < -0.4 is 10.2 Å². The van der Waals surface area contributed by atoms with Crippen molar-refractivity contribution in [1.29, 1.82) is 0 Å². The van der Waals surface area contributed by atoms with E-state index >= 15 is 0 Å². The number of amides is 2. The fraction of sp³-hybridized carbons (Fsp3) is 0.385. The first-order chi connectivity index (χ1) is 17.0. The molecule has 1 saturated heterocycles. The molecule has 0 unspecified atom stereocenters. The summed E-state index contributed by atoms with van der Waals surface area (Å²) >= 11 is 1.43. The summed E-state index contributed by atoms with van der Waals surface area (Å²) < 4.78 is 2.02. The first-order valence-corrected chi connectivity index (χ1v) is 13.0. The maximum Gasteiger partial charge on any atom is 0.251 e. The lowest BCUT2D eigenvalue weighted by Gasteiger charge is -2.36. The molecule has 1 aliphatic rings. The molecule has 35 heavy (non-hydrogen) atoms. The quantitative estimate of drug-likeness (QED) is 0.463. The molecule has 4 rings (SSSR count). The van der Waals surface area contributed by atoms with E-state index in [-0.39, 0.29) is 11.8 Å². The lowest BCUT2D eigenvalue weighted by molar-refractivity contribution is -0.128. The number of aryl methyl sites for hydroxylation is 1. The van der Waals surface area contributed by atoms with Crippen LogP contribution in [0.3, 0.4) is 0 Å². The fourth-order valence-corrected chi connectivity index (χ4v) is 5.02. The zero-order chi connectivity index (χ0) is 24.6. The second-order valence-corrected chi connectivity index (χ2v) is 9.45. The molecule has 0 bridgehead atoms. The molecular weight excluding hydrogens is 460 g/mol. The molecule has 0 saturated carbocycles. The van der Waals surface area contributed by atoms with Crippen LogP contribution in [0.15, 0.2) is 59.8 Å². The minimum atomic E-state index is -0.0971. The van der Waals surface area contributed by atoms with Gasteiger partial charge < -0.3 is 19.7 Å². The van der Waals surface area contributed by atoms with Crippen LogP contribution in [0.2, 0.25) is 0 Å². The molecule has 2 aromatic carbocycles. The summed E-state index contributed by atoms with van der Waals surface area (Å²) in [5.41, 5.74) is 2.97. The van der Waals surface area contributed by atoms with Gasteiger partial charge in [0.1, 0.15) is 5.82 Å². The highest BCUT2D eigenvalue weighted by Crippen LogP contribution is 2.20. The van der Waals surface area contributed by atoms with Crippen molar-refractivity contribution >= 4 is 29.3 Å². The molecule has 0 spiro atoms. The van der Waals surface area contributed by atoms with Crippen LogP contribution in [0.4, 0.5) is 5.69 Å². The largest absolute Gasteiger partial charge is 0.368 e. The smallest absolute Gasteiger partial charge is 0.251 e. The van der Waals surface area contributed by atoms with Gasteiger partial charge in [0.05, 0.1) is 5.75 Å². The average Bonchev–Trinajstić information content (AvgIpc) is 3.29. The molecule has 3 aromatic rings. The van der Waals surface area contributed by atoms with E-state index in [1.165, 1.54) is 17.4 Å². The molecule has 1 aromatic heterocycles. The topological polar surface area (TPSA) is 83.4 Å². The van der Waals surface area contributed by atoms with Crippen LogP contribution in [0.5, 0.6) is 0 Å². The van der Waals surface area contributed by atoms with Crippen LogP contribution in [0.25, 0.3) is 0 Å². The molecule has 2 heterocycles. The van der Waals surface area contributed by atoms with Crippen molar-refractivity contribution in [3.8, 4) is 0 Å². The summed E-state index contributed by atoms with van der Waals surface area (Å²) in [5, 5.41) is 12.3. The Hall–Kier alpha value is -3.33. The highest BCUT2D eigenvalue weighted by molar-refractivity contribution is 7.99. The second kappa shape index (κ2) is 11.9. The molecule has 2 amide bonds. The third-order valence-electron chi connectivity index (χ3n) is 6.14. The zero-order valence-corrected chi connectivity index (χ0v) is 21.1. The molecule has 0 aliphatic carbocycles. The molecule has 8 nitrogen and oxygen atoms in total. The van der Waals surface area contributed by atoms with Crippen molar-refractivity contribution in [1.82, 2.24) is 25.0 Å². The van der Waals surface area contributed by atoms with Gasteiger partial charge in [-0.1, -0.05) is 47.7 Å². The zero-order valence-electron chi connectivity index (χ0n) is 20.3. The third-order valence-corrected chi connectivity index (χ3v) is 7.09. The second-order valence-electron chi connectivity index (χ2n) is 8.51. The number of piperazine rings is 1. The summed E-state index contributed by atoms with van der Waals surface area (Å²) in [6, 6.07) is 17.8. The van der Waals surface area contributed by atoms with Crippen LogP contribution in [-0.2, 0) is 17.8 Å². The van der Waals surface area contributed by atoms with Crippen molar-refractivity contribution in [3.63, 3.8) is 0 Å². The molecule has 1 N–H and O–H groups in total. The summed E-state index contributed by atoms with van der Waals surface area (Å²) in [6.07, 6.45) is 0.578. The number of nitrogens with one attached hydrogen (secondary N) is 1. The van der Waals surface area contributed by atoms with Crippen molar-refractivity contribution < 1.29 is 9.59 Å². The van der Waals surface area contributed by atoms with E-state index in [0.29, 0.717) is 30.8 Å². The van der Waals surface area contributed by atoms with Gasteiger partial charge in [0.15, 0.2) is 5.16 Å². The van der Waals surface area contributed by atoms with E-state index in [0.717, 1.165) is 42.7 Å². The Bertz CT molecular complexity index is 1120. The Morgan fingerprint density at radius 1 is 0.971 bits per heavy atom. The van der Waals surface area contributed by atoms with Gasteiger partial charge in [-0.3, -0.25) is 9.59 Å². The van der Waals surface area contributed by atoms with Gasteiger partial charge >= 0.3 is 0 Å². The predicted octanol–water partition coefficient (Wildman–Crippen LogP) is 3.02. The van der Waals surface area contributed by atoms with Crippen molar-refractivity contribution in [2.75, 3.05) is 43.4 Å². The van der Waals surface area contributed by atoms with Gasteiger partial charge in [-0.15, -0.1) is 10.2 Å². The minimum Gasteiger partial charge on any atom is -0.368 e. The Morgan fingerprint density at radius 3 is 2.37 bits per heavy atom. The first kappa shape index (κ1) is 24.8. The van der Waals surface area contributed by atoms with Crippen molar-refractivity contribution in [2.45, 2.75) is 32.0 Å². The van der Waals surface area contributed by atoms with Gasteiger partial charge in [0.2, 0.25) is 5.91 Å². The van der Waals surface area contributed by atoms with Crippen LogP contribution >= 0.6 is 11.8 Å². The van der Waals surface area contributed by atoms with Crippen LogP contribution in [0.1, 0.15) is 28.7 Å². The number of rotatable bonds is 9. The maximum atomic E-state index is 12.8. The number of hydrogen-bond donors (Lipinski definition) is 1. The van der Waals surface area contributed by atoms with Gasteiger partial charge in [-0.2, -0.15) is 0 Å². The number of hydrogen-bond acceptors (Lipinski definition) is 6. The average molecular weight is 493 g/mol. The number of para-hydroxylation sites is 1. The first-order valence-electron chi connectivity index (χ1n) is 12.0. The monoisotopic (exact) mass is 492 g/mol. The summed E-state index contributed by atoms with van der Waals surface area (Å²) in [4.78, 5) is 29.4. The minimum absolute atomic E-state index is 0.0971. The van der Waals surface area contributed by atoms with E-state index in [9.17, 15) is 9.59 Å². The fourth-order valence-electron chi connectivity index (χ4n) is 4.09. The maximum absolute atomic E-state index is 12.8. The Balaban J connectivity index is 1.24. The number of aromatic nitrogens is 3. The van der Waals surface area contributed by atoms with Crippen molar-refractivity contribution in [2.24, 2.45) is 0 Å². The number of carbonyl (C=O) groups excluding carboxylic acids is 2. The Labute approximate surface area is 210 Å². The van der Waals surface area contributed by atoms with Gasteiger partial charge in [0, 0.05) is 56.9 Å². The molecule has 1 aliphatic heterocycles. The summed E-state index contributed by atoms with van der Waals surface area (Å²) in [6.45, 7) is 8.33. The Kier molecular flexibility index (Phi) is 8.41. The van der Waals surface area contributed by atoms with Gasteiger partial charge in [-0.05, 0) is 38.1 Å². The summed E-state index contributed by atoms with van der Waals surface area (Å²) in [7, 11) is 0. The molecule has 1 fully saturated rings. The van der Waals surface area contributed by atoms with E-state index < -0.39 is 0 Å². The standard InChI is InChI=1S/C26H32N6O2S/c1-3-32-23(13-14-27-25(34)21-11-9-20(2)10-12-21)28-29-26(32)35-19-24(33)31-17-15-30(16-18-31)22-7-5-4-6-8-22/h4-12H,3,13-19H2,1-2H3,(H,27,34). The summed E-state index contributed by atoms with van der Waals surface area (Å²) in [5.74, 6) is 1.18. The lowest BCUT2D eigenvalue weighted by atomic mass is 10.1. The van der Waals surface area contributed by atoms with Gasteiger partial charge in [0.25, 0.3) is 5.91 Å². The SMILES string of the molecule is CCn1c(CCNC(=O)c2ccc(C)cc2)nnc1SCC(=O)N1CCN(c2ccccc2)CC1. The highest BCUT2D eigenvalue weighted by atomic mass is 32.2. The van der Waals surface area contributed by atoms with Crippen LogP contribution in [0, 0.1) is 6.92 Å². The number of benzene rings is 2.